The van der Waals surface area contributed by atoms with Crippen LogP contribution in [0.15, 0.2) is 36.5 Å². The molecule has 0 aliphatic carbocycles. The summed E-state index contributed by atoms with van der Waals surface area (Å²) in [6.45, 7) is 4.09. The second-order valence-electron chi connectivity index (χ2n) is 15.6. The van der Waals surface area contributed by atoms with Crippen molar-refractivity contribution in [3.63, 3.8) is 0 Å². The first-order valence-corrected chi connectivity index (χ1v) is 22.8. The number of rotatable bonds is 41. The molecule has 52 heavy (non-hydrogen) atoms. The molecule has 0 aromatic heterocycles. The molecular weight excluding hydrogens is 643 g/mol. The van der Waals surface area contributed by atoms with Crippen LogP contribution < -0.4 is 5.32 Å². The summed E-state index contributed by atoms with van der Waals surface area (Å²) >= 11 is 0. The number of carbonyl (C=O) groups is 1. The van der Waals surface area contributed by atoms with Gasteiger partial charge in [0.15, 0.2) is 0 Å². The summed E-state index contributed by atoms with van der Waals surface area (Å²) in [6.07, 6.45) is 52.8. The number of aliphatic hydroxyl groups excluding tert-OH is 3. The summed E-state index contributed by atoms with van der Waals surface area (Å²) in [7, 11) is 0. The Labute approximate surface area is 324 Å². The lowest BCUT2D eigenvalue weighted by molar-refractivity contribution is -0.124. The Morgan fingerprint density at radius 2 is 0.827 bits per heavy atom. The van der Waals surface area contributed by atoms with Gasteiger partial charge in [0.05, 0.1) is 18.8 Å². The van der Waals surface area contributed by atoms with Gasteiger partial charge in [-0.2, -0.15) is 0 Å². The van der Waals surface area contributed by atoms with E-state index in [-0.39, 0.29) is 12.5 Å². The van der Waals surface area contributed by atoms with E-state index in [4.69, 9.17) is 0 Å². The van der Waals surface area contributed by atoms with Crippen LogP contribution in [0, 0.1) is 0 Å². The molecule has 0 saturated carbocycles. The summed E-state index contributed by atoms with van der Waals surface area (Å²) in [5, 5.41) is 33.3. The number of hydrogen-bond donors (Lipinski definition) is 4. The van der Waals surface area contributed by atoms with Gasteiger partial charge in [-0.05, 0) is 70.6 Å². The van der Waals surface area contributed by atoms with Gasteiger partial charge in [-0.25, -0.2) is 0 Å². The largest absolute Gasteiger partial charge is 0.394 e. The molecule has 0 aliphatic rings. The average Bonchev–Trinajstić information content (AvgIpc) is 3.15. The number of aliphatic hydroxyl groups is 3. The molecule has 5 heteroatoms. The monoisotopic (exact) mass is 732 g/mol. The average molecular weight is 732 g/mol. The van der Waals surface area contributed by atoms with Crippen LogP contribution in [-0.2, 0) is 4.79 Å². The van der Waals surface area contributed by atoms with Crippen LogP contribution in [0.2, 0.25) is 0 Å². The van der Waals surface area contributed by atoms with E-state index in [0.717, 1.165) is 51.4 Å². The molecule has 0 bridgehead atoms. The molecule has 0 aromatic carbocycles. The van der Waals surface area contributed by atoms with E-state index in [1.807, 2.05) is 0 Å². The minimum absolute atomic E-state index is 0.160. The highest BCUT2D eigenvalue weighted by Crippen LogP contribution is 2.15. The Balaban J connectivity index is 3.54. The lowest BCUT2D eigenvalue weighted by Gasteiger charge is -2.26. The van der Waals surface area contributed by atoms with Crippen LogP contribution in [0.5, 0.6) is 0 Å². The van der Waals surface area contributed by atoms with Crippen LogP contribution >= 0.6 is 0 Å². The molecule has 0 aromatic rings. The standard InChI is InChI=1S/C47H89NO4/c1-3-5-7-9-11-13-15-16-17-18-19-20-21-22-23-24-25-26-27-28-29-30-31-32-34-36-38-40-42-46(51)48-44(43-49)47(52)45(50)41-39-37-35-33-14-12-10-8-6-4-2/h8,10,22-23,33,35,44-45,47,49-50,52H,3-7,9,11-21,24-32,34,36-43H2,1-2H3,(H,48,51)/b10-8+,23-22-,35-33+. The van der Waals surface area contributed by atoms with Crippen molar-refractivity contribution in [2.24, 2.45) is 0 Å². The van der Waals surface area contributed by atoms with Gasteiger partial charge in [-0.1, -0.05) is 192 Å². The van der Waals surface area contributed by atoms with E-state index < -0.39 is 18.2 Å². The van der Waals surface area contributed by atoms with Gasteiger partial charge in [-0.15, -0.1) is 0 Å². The third kappa shape index (κ3) is 36.9. The van der Waals surface area contributed by atoms with Crippen molar-refractivity contribution in [3.8, 4) is 0 Å². The predicted molar refractivity (Wildman–Crippen MR) is 227 cm³/mol. The molecule has 3 atom stereocenters. The minimum atomic E-state index is -1.16. The van der Waals surface area contributed by atoms with Crippen molar-refractivity contribution in [1.29, 1.82) is 0 Å². The van der Waals surface area contributed by atoms with E-state index >= 15 is 0 Å². The highest BCUT2D eigenvalue weighted by molar-refractivity contribution is 5.76. The van der Waals surface area contributed by atoms with Gasteiger partial charge in [0.1, 0.15) is 6.10 Å². The van der Waals surface area contributed by atoms with E-state index in [1.165, 1.54) is 154 Å². The molecular formula is C47H89NO4. The van der Waals surface area contributed by atoms with Crippen molar-refractivity contribution in [3.05, 3.63) is 36.5 Å². The Kier molecular flexibility index (Phi) is 41.1. The molecule has 306 valence electrons. The molecule has 0 fully saturated rings. The summed E-state index contributed by atoms with van der Waals surface area (Å²) in [5.41, 5.74) is 0. The van der Waals surface area contributed by atoms with Gasteiger partial charge in [-0.3, -0.25) is 4.79 Å². The maximum atomic E-state index is 12.4. The second-order valence-corrected chi connectivity index (χ2v) is 15.6. The molecule has 0 aliphatic heterocycles. The van der Waals surface area contributed by atoms with Crippen LogP contribution in [0.25, 0.3) is 0 Å². The highest BCUT2D eigenvalue weighted by Gasteiger charge is 2.26. The van der Waals surface area contributed by atoms with Crippen molar-refractivity contribution in [2.75, 3.05) is 6.61 Å². The molecule has 0 heterocycles. The second kappa shape index (κ2) is 42.3. The SMILES string of the molecule is CCC/C=C/CC/C=C/CCCC(O)C(O)C(CO)NC(=O)CCCCCCCCCCCCCC/C=C\CCCCCCCCCCCCCC. The number of hydrogen-bond acceptors (Lipinski definition) is 4. The lowest BCUT2D eigenvalue weighted by atomic mass is 10.0. The van der Waals surface area contributed by atoms with Gasteiger partial charge >= 0.3 is 0 Å². The smallest absolute Gasteiger partial charge is 0.220 e. The summed E-state index contributed by atoms with van der Waals surface area (Å²) in [6, 6.07) is -0.830. The fourth-order valence-electron chi connectivity index (χ4n) is 6.89. The van der Waals surface area contributed by atoms with Crippen LogP contribution in [-0.4, -0.2) is 46.1 Å². The summed E-state index contributed by atoms with van der Waals surface area (Å²) in [5.74, 6) is -0.160. The zero-order valence-electron chi connectivity index (χ0n) is 34.7. The normalized spacial score (nSPS) is 13.9. The first-order chi connectivity index (χ1) is 25.6. The lowest BCUT2D eigenvalue weighted by Crippen LogP contribution is -2.50. The number of nitrogens with one attached hydrogen (secondary N) is 1. The van der Waals surface area contributed by atoms with E-state index in [9.17, 15) is 20.1 Å². The maximum Gasteiger partial charge on any atom is 0.220 e. The van der Waals surface area contributed by atoms with E-state index in [2.05, 4.69) is 55.6 Å². The molecule has 1 amide bonds. The number of amides is 1. The number of carbonyl (C=O) groups excluding carboxylic acids is 1. The molecule has 0 spiro atoms. The molecule has 4 N–H and O–H groups in total. The zero-order chi connectivity index (χ0) is 38.0. The number of unbranched alkanes of at least 4 members (excludes halogenated alkanes) is 27. The quantitative estimate of drug-likeness (QED) is 0.0372. The molecule has 5 nitrogen and oxygen atoms in total. The molecule has 0 radical (unpaired) electrons. The van der Waals surface area contributed by atoms with Crippen LogP contribution in [0.3, 0.4) is 0 Å². The van der Waals surface area contributed by atoms with Gasteiger partial charge in [0.25, 0.3) is 0 Å². The molecule has 3 unspecified atom stereocenters. The Morgan fingerprint density at radius 3 is 1.25 bits per heavy atom. The Hall–Kier alpha value is -1.43. The van der Waals surface area contributed by atoms with Crippen molar-refractivity contribution in [1.82, 2.24) is 5.32 Å². The third-order valence-corrected chi connectivity index (χ3v) is 10.4. The van der Waals surface area contributed by atoms with Crippen molar-refractivity contribution >= 4 is 5.91 Å². The Morgan fingerprint density at radius 1 is 0.462 bits per heavy atom. The summed E-state index contributed by atoms with van der Waals surface area (Å²) < 4.78 is 0. The fourth-order valence-corrected chi connectivity index (χ4v) is 6.89. The Bertz CT molecular complexity index is 809. The first-order valence-electron chi connectivity index (χ1n) is 22.8. The van der Waals surface area contributed by atoms with Crippen LogP contribution in [0.4, 0.5) is 0 Å². The molecule has 0 rings (SSSR count). The van der Waals surface area contributed by atoms with E-state index in [1.54, 1.807) is 0 Å². The molecule has 0 saturated heterocycles. The number of allylic oxidation sites excluding steroid dienone is 6. The van der Waals surface area contributed by atoms with Crippen LogP contribution in [0.1, 0.15) is 232 Å². The van der Waals surface area contributed by atoms with Gasteiger partial charge in [0.2, 0.25) is 5.91 Å². The first kappa shape index (κ1) is 50.6. The predicted octanol–water partition coefficient (Wildman–Crippen LogP) is 13.2. The summed E-state index contributed by atoms with van der Waals surface area (Å²) in [4.78, 5) is 12.4. The van der Waals surface area contributed by atoms with E-state index in [0.29, 0.717) is 12.8 Å². The minimum Gasteiger partial charge on any atom is -0.394 e. The van der Waals surface area contributed by atoms with Gasteiger partial charge in [0, 0.05) is 6.42 Å². The fraction of sp³-hybridized carbons (Fsp3) is 0.851. The zero-order valence-corrected chi connectivity index (χ0v) is 34.7. The maximum absolute atomic E-state index is 12.4. The van der Waals surface area contributed by atoms with Gasteiger partial charge < -0.3 is 20.6 Å². The van der Waals surface area contributed by atoms with Crippen molar-refractivity contribution < 1.29 is 20.1 Å². The topological polar surface area (TPSA) is 89.8 Å². The van der Waals surface area contributed by atoms with Crippen molar-refractivity contribution in [2.45, 2.75) is 250 Å². The highest BCUT2D eigenvalue weighted by atomic mass is 16.3. The third-order valence-electron chi connectivity index (χ3n) is 10.4.